The number of hydrogen-bond acceptors (Lipinski definition) is 3. The standard InChI is InChI=1S/C27H17BrClIN2O2/c28-22-13-17(12-20(15-31)27(33)32-25-11-4-3-10-23(25)29)14-24(30)26(22)34-16-19-8-5-7-18-6-1-2-9-21(18)19/h1-14H,16H2,(H,32,33)/b20-12+. The topological polar surface area (TPSA) is 62.1 Å². The Morgan fingerprint density at radius 1 is 1.09 bits per heavy atom. The molecule has 4 rings (SSSR count). The van der Waals surface area contributed by atoms with E-state index in [1.807, 2.05) is 36.4 Å². The zero-order valence-corrected chi connectivity index (χ0v) is 22.2. The van der Waals surface area contributed by atoms with Crippen molar-refractivity contribution in [2.45, 2.75) is 6.61 Å². The summed E-state index contributed by atoms with van der Waals surface area (Å²) in [5.41, 5.74) is 2.20. The van der Waals surface area contributed by atoms with Crippen LogP contribution < -0.4 is 10.1 Å². The smallest absolute Gasteiger partial charge is 0.266 e. The van der Waals surface area contributed by atoms with E-state index in [0.717, 1.165) is 24.4 Å². The van der Waals surface area contributed by atoms with Gasteiger partial charge in [0.05, 0.1) is 18.8 Å². The van der Waals surface area contributed by atoms with Crippen LogP contribution >= 0.6 is 50.1 Å². The van der Waals surface area contributed by atoms with Gasteiger partial charge in [-0.1, -0.05) is 66.2 Å². The van der Waals surface area contributed by atoms with Gasteiger partial charge in [0, 0.05) is 0 Å². The van der Waals surface area contributed by atoms with E-state index in [1.54, 1.807) is 24.3 Å². The van der Waals surface area contributed by atoms with Crippen molar-refractivity contribution in [1.82, 2.24) is 0 Å². The van der Waals surface area contributed by atoms with Crippen molar-refractivity contribution < 1.29 is 9.53 Å². The molecule has 1 amide bonds. The lowest BCUT2D eigenvalue weighted by molar-refractivity contribution is -0.112. The van der Waals surface area contributed by atoms with Gasteiger partial charge in [0.25, 0.3) is 5.91 Å². The number of para-hydroxylation sites is 1. The molecular weight excluding hydrogens is 627 g/mol. The SMILES string of the molecule is N#C/C(=C\c1cc(Br)c(OCc2cccc3ccccc23)c(I)c1)C(=O)Nc1ccccc1Cl. The predicted octanol–water partition coefficient (Wildman–Crippen LogP) is 7.98. The Kier molecular flexibility index (Phi) is 7.88. The Labute approximate surface area is 224 Å². The van der Waals surface area contributed by atoms with Gasteiger partial charge in [0.2, 0.25) is 0 Å². The number of carbonyl (C=O) groups is 1. The summed E-state index contributed by atoms with van der Waals surface area (Å²) in [6.07, 6.45) is 1.54. The number of nitrogens with one attached hydrogen (secondary N) is 1. The van der Waals surface area contributed by atoms with Gasteiger partial charge in [-0.25, -0.2) is 0 Å². The Hall–Kier alpha value is -2.86. The number of halogens is 3. The summed E-state index contributed by atoms with van der Waals surface area (Å²) in [6, 6.07) is 26.9. The Morgan fingerprint density at radius 3 is 2.59 bits per heavy atom. The molecule has 0 aliphatic heterocycles. The molecule has 0 fully saturated rings. The maximum absolute atomic E-state index is 12.6. The van der Waals surface area contributed by atoms with Crippen LogP contribution in [0, 0.1) is 14.9 Å². The second kappa shape index (κ2) is 11.0. The third kappa shape index (κ3) is 5.61. The molecule has 0 heterocycles. The normalized spacial score (nSPS) is 11.2. The first-order valence-electron chi connectivity index (χ1n) is 10.2. The van der Waals surface area contributed by atoms with Gasteiger partial charge in [-0.15, -0.1) is 0 Å². The Bertz CT molecular complexity index is 1430. The largest absolute Gasteiger partial charge is 0.487 e. The molecular formula is C27H17BrClIN2O2. The molecule has 168 valence electrons. The maximum atomic E-state index is 12.6. The summed E-state index contributed by atoms with van der Waals surface area (Å²) in [6.45, 7) is 0.412. The van der Waals surface area contributed by atoms with Gasteiger partial charge >= 0.3 is 0 Å². The summed E-state index contributed by atoms with van der Waals surface area (Å²) < 4.78 is 7.73. The fourth-order valence-corrected chi connectivity index (χ4v) is 5.39. The molecule has 0 saturated heterocycles. The minimum atomic E-state index is -0.530. The summed E-state index contributed by atoms with van der Waals surface area (Å²) in [5, 5.41) is 14.9. The Balaban J connectivity index is 1.54. The number of carbonyl (C=O) groups excluding carboxylic acids is 1. The molecule has 0 spiro atoms. The number of hydrogen-bond donors (Lipinski definition) is 1. The van der Waals surface area contributed by atoms with Crippen LogP contribution in [0.25, 0.3) is 16.8 Å². The lowest BCUT2D eigenvalue weighted by Crippen LogP contribution is -2.13. The highest BCUT2D eigenvalue weighted by Gasteiger charge is 2.14. The number of nitrogens with zero attached hydrogens (tertiary/aromatic N) is 1. The third-order valence-electron chi connectivity index (χ3n) is 5.07. The first-order valence-corrected chi connectivity index (χ1v) is 12.5. The first-order chi connectivity index (χ1) is 16.5. The molecule has 4 aromatic rings. The van der Waals surface area contributed by atoms with Crippen LogP contribution in [0.3, 0.4) is 0 Å². The van der Waals surface area contributed by atoms with Crippen LogP contribution in [0.1, 0.15) is 11.1 Å². The van der Waals surface area contributed by atoms with E-state index in [2.05, 4.69) is 68.1 Å². The van der Waals surface area contributed by atoms with Crippen LogP contribution in [0.2, 0.25) is 5.02 Å². The van der Waals surface area contributed by atoms with Crippen molar-refractivity contribution in [1.29, 1.82) is 5.26 Å². The number of amides is 1. The molecule has 7 heteroatoms. The quantitative estimate of drug-likeness (QED) is 0.132. The third-order valence-corrected chi connectivity index (χ3v) is 6.79. The van der Waals surface area contributed by atoms with Crippen LogP contribution in [0.4, 0.5) is 5.69 Å². The summed E-state index contributed by atoms with van der Waals surface area (Å²) >= 11 is 11.9. The zero-order chi connectivity index (χ0) is 24.1. The molecule has 0 atom stereocenters. The summed E-state index contributed by atoms with van der Waals surface area (Å²) in [5.74, 6) is 0.169. The van der Waals surface area contributed by atoms with Gasteiger partial charge in [0.1, 0.15) is 24.0 Å². The molecule has 0 bridgehead atoms. The van der Waals surface area contributed by atoms with Crippen molar-refractivity contribution in [3.05, 3.63) is 109 Å². The van der Waals surface area contributed by atoms with Crippen molar-refractivity contribution >= 4 is 78.6 Å². The molecule has 0 unspecified atom stereocenters. The first kappa shape index (κ1) is 24.3. The fraction of sp³-hybridized carbons (Fsp3) is 0.0370. The molecule has 1 N–H and O–H groups in total. The van der Waals surface area contributed by atoms with E-state index < -0.39 is 5.91 Å². The molecule has 0 saturated carbocycles. The van der Waals surface area contributed by atoms with E-state index in [4.69, 9.17) is 16.3 Å². The molecule has 4 aromatic carbocycles. The second-order valence-corrected chi connectivity index (χ2v) is 9.77. The predicted molar refractivity (Wildman–Crippen MR) is 149 cm³/mol. The average molecular weight is 644 g/mol. The monoisotopic (exact) mass is 642 g/mol. The lowest BCUT2D eigenvalue weighted by atomic mass is 10.1. The van der Waals surface area contributed by atoms with E-state index in [1.165, 1.54) is 6.08 Å². The van der Waals surface area contributed by atoms with Gasteiger partial charge < -0.3 is 10.1 Å². The molecule has 0 radical (unpaired) electrons. The molecule has 4 nitrogen and oxygen atoms in total. The molecule has 0 aromatic heterocycles. The van der Waals surface area contributed by atoms with Crippen molar-refractivity contribution in [3.63, 3.8) is 0 Å². The minimum absolute atomic E-state index is 0.0351. The summed E-state index contributed by atoms with van der Waals surface area (Å²) in [4.78, 5) is 12.6. The lowest BCUT2D eigenvalue weighted by Gasteiger charge is -2.13. The summed E-state index contributed by atoms with van der Waals surface area (Å²) in [7, 11) is 0. The van der Waals surface area contributed by atoms with Crippen molar-refractivity contribution in [3.8, 4) is 11.8 Å². The van der Waals surface area contributed by atoms with Gasteiger partial charge in [-0.2, -0.15) is 5.26 Å². The van der Waals surface area contributed by atoms with Crippen LogP contribution in [-0.4, -0.2) is 5.91 Å². The highest BCUT2D eigenvalue weighted by atomic mass is 127. The highest BCUT2D eigenvalue weighted by molar-refractivity contribution is 14.1. The van der Waals surface area contributed by atoms with Crippen LogP contribution in [0.15, 0.2) is 88.9 Å². The number of benzene rings is 4. The van der Waals surface area contributed by atoms with E-state index in [9.17, 15) is 10.1 Å². The van der Waals surface area contributed by atoms with E-state index >= 15 is 0 Å². The fourth-order valence-electron chi connectivity index (χ4n) is 3.44. The second-order valence-electron chi connectivity index (χ2n) is 7.34. The number of anilines is 1. The molecule has 0 aliphatic rings. The average Bonchev–Trinajstić information content (AvgIpc) is 2.83. The number of nitriles is 1. The van der Waals surface area contributed by atoms with Gasteiger partial charge in [0.15, 0.2) is 0 Å². The number of fused-ring (bicyclic) bond motifs is 1. The van der Waals surface area contributed by atoms with Crippen molar-refractivity contribution in [2.24, 2.45) is 0 Å². The number of rotatable bonds is 6. The van der Waals surface area contributed by atoms with E-state index in [-0.39, 0.29) is 5.57 Å². The Morgan fingerprint density at radius 2 is 1.82 bits per heavy atom. The van der Waals surface area contributed by atoms with E-state index in [0.29, 0.717) is 28.6 Å². The van der Waals surface area contributed by atoms with Crippen LogP contribution in [-0.2, 0) is 11.4 Å². The van der Waals surface area contributed by atoms with Crippen molar-refractivity contribution in [2.75, 3.05) is 5.32 Å². The highest BCUT2D eigenvalue weighted by Crippen LogP contribution is 2.34. The van der Waals surface area contributed by atoms with Gasteiger partial charge in [-0.3, -0.25) is 4.79 Å². The van der Waals surface area contributed by atoms with Crippen LogP contribution in [0.5, 0.6) is 5.75 Å². The molecule has 0 aliphatic carbocycles. The number of ether oxygens (including phenoxy) is 1. The minimum Gasteiger partial charge on any atom is -0.487 e. The molecule has 34 heavy (non-hydrogen) atoms. The zero-order valence-electron chi connectivity index (χ0n) is 17.7. The van der Waals surface area contributed by atoms with Gasteiger partial charge in [-0.05, 0) is 90.8 Å². The maximum Gasteiger partial charge on any atom is 0.266 e.